The molecule has 1 aromatic heterocycles. The SMILES string of the molecule is O=C(Nc1ccccc1F)c1ccc(Oc2nc(Cc3ccccc3)ns2)c(CN2CCOCC2)c1. The van der Waals surface area contributed by atoms with Gasteiger partial charge in [0, 0.05) is 48.7 Å². The van der Waals surface area contributed by atoms with Gasteiger partial charge in [0.05, 0.1) is 18.9 Å². The van der Waals surface area contributed by atoms with Crippen LogP contribution in [0.3, 0.4) is 0 Å². The molecule has 1 aliphatic rings. The fraction of sp³-hybridized carbons (Fsp3) is 0.222. The van der Waals surface area contributed by atoms with Gasteiger partial charge in [-0.1, -0.05) is 42.5 Å². The summed E-state index contributed by atoms with van der Waals surface area (Å²) in [6, 6.07) is 21.3. The third-order valence-corrected chi connectivity index (χ3v) is 6.43. The molecule has 0 aliphatic carbocycles. The monoisotopic (exact) mass is 504 g/mol. The van der Waals surface area contributed by atoms with E-state index in [9.17, 15) is 9.18 Å². The number of amides is 1. The summed E-state index contributed by atoms with van der Waals surface area (Å²) < 4.78 is 30.1. The van der Waals surface area contributed by atoms with Crippen LogP contribution in [0, 0.1) is 5.82 Å². The molecule has 0 atom stereocenters. The van der Waals surface area contributed by atoms with Crippen molar-refractivity contribution in [3.63, 3.8) is 0 Å². The summed E-state index contributed by atoms with van der Waals surface area (Å²) in [5, 5.41) is 3.08. The lowest BCUT2D eigenvalue weighted by Gasteiger charge is -2.27. The zero-order valence-electron chi connectivity index (χ0n) is 19.5. The number of aromatic nitrogens is 2. The number of morpholine rings is 1. The number of rotatable bonds is 8. The molecule has 1 fully saturated rings. The molecule has 0 spiro atoms. The summed E-state index contributed by atoms with van der Waals surface area (Å²) >= 11 is 1.19. The maximum atomic E-state index is 14.0. The van der Waals surface area contributed by atoms with E-state index in [4.69, 9.17) is 9.47 Å². The summed E-state index contributed by atoms with van der Waals surface area (Å²) in [4.78, 5) is 19.7. The number of hydrogen-bond acceptors (Lipinski definition) is 7. The van der Waals surface area contributed by atoms with E-state index in [2.05, 4.69) is 19.6 Å². The van der Waals surface area contributed by atoms with Crippen LogP contribution in [0.4, 0.5) is 10.1 Å². The lowest BCUT2D eigenvalue weighted by molar-refractivity contribution is 0.0339. The van der Waals surface area contributed by atoms with Gasteiger partial charge in [-0.2, -0.15) is 9.36 Å². The van der Waals surface area contributed by atoms with Crippen LogP contribution in [0.15, 0.2) is 72.8 Å². The maximum Gasteiger partial charge on any atom is 0.298 e. The molecule has 0 radical (unpaired) electrons. The molecule has 5 rings (SSSR count). The van der Waals surface area contributed by atoms with E-state index in [1.54, 1.807) is 30.3 Å². The zero-order valence-corrected chi connectivity index (χ0v) is 20.3. The lowest BCUT2D eigenvalue weighted by atomic mass is 10.1. The zero-order chi connectivity index (χ0) is 24.7. The van der Waals surface area contributed by atoms with E-state index < -0.39 is 11.7 Å². The van der Waals surface area contributed by atoms with Gasteiger partial charge < -0.3 is 14.8 Å². The first kappa shape index (κ1) is 24.1. The van der Waals surface area contributed by atoms with E-state index >= 15 is 0 Å². The largest absolute Gasteiger partial charge is 0.430 e. The third kappa shape index (κ3) is 6.12. The minimum Gasteiger partial charge on any atom is -0.430 e. The Kier molecular flexibility index (Phi) is 7.61. The molecule has 36 heavy (non-hydrogen) atoms. The summed E-state index contributed by atoms with van der Waals surface area (Å²) in [7, 11) is 0. The molecule has 0 saturated carbocycles. The van der Waals surface area contributed by atoms with E-state index in [1.807, 2.05) is 30.3 Å². The van der Waals surface area contributed by atoms with Gasteiger partial charge in [-0.15, -0.1) is 0 Å². The highest BCUT2D eigenvalue weighted by molar-refractivity contribution is 7.07. The molecule has 1 aliphatic heterocycles. The van der Waals surface area contributed by atoms with Crippen LogP contribution < -0.4 is 10.1 Å². The quantitative estimate of drug-likeness (QED) is 0.358. The number of anilines is 1. The number of halogens is 1. The highest BCUT2D eigenvalue weighted by Gasteiger charge is 2.18. The van der Waals surface area contributed by atoms with Crippen LogP contribution >= 0.6 is 11.5 Å². The van der Waals surface area contributed by atoms with Crippen LogP contribution in [0.25, 0.3) is 0 Å². The number of carbonyl (C=O) groups is 1. The first-order valence-electron chi connectivity index (χ1n) is 11.7. The molecule has 3 aromatic carbocycles. The normalized spacial score (nSPS) is 13.9. The van der Waals surface area contributed by atoms with Gasteiger partial charge in [-0.05, 0) is 35.9 Å². The van der Waals surface area contributed by atoms with E-state index in [0.717, 1.165) is 24.2 Å². The number of para-hydroxylation sites is 1. The topological polar surface area (TPSA) is 76.6 Å². The van der Waals surface area contributed by atoms with Gasteiger partial charge in [0.25, 0.3) is 11.1 Å². The number of ether oxygens (including phenoxy) is 2. The van der Waals surface area contributed by atoms with Crippen molar-refractivity contribution in [2.24, 2.45) is 0 Å². The average Bonchev–Trinajstić information content (AvgIpc) is 3.34. The third-order valence-electron chi connectivity index (χ3n) is 5.79. The Hall–Kier alpha value is -3.66. The Morgan fingerprint density at radius 3 is 2.64 bits per heavy atom. The molecule has 1 saturated heterocycles. The fourth-order valence-electron chi connectivity index (χ4n) is 3.92. The molecule has 4 aromatic rings. The smallest absolute Gasteiger partial charge is 0.298 e. The molecule has 7 nitrogen and oxygen atoms in total. The molecule has 2 heterocycles. The lowest BCUT2D eigenvalue weighted by Crippen LogP contribution is -2.35. The van der Waals surface area contributed by atoms with E-state index in [0.29, 0.717) is 48.5 Å². The molecule has 0 bridgehead atoms. The predicted molar refractivity (Wildman–Crippen MR) is 136 cm³/mol. The van der Waals surface area contributed by atoms with E-state index in [1.165, 1.54) is 23.7 Å². The van der Waals surface area contributed by atoms with Crippen molar-refractivity contribution in [2.45, 2.75) is 13.0 Å². The van der Waals surface area contributed by atoms with Gasteiger partial charge in [0.15, 0.2) is 5.82 Å². The summed E-state index contributed by atoms with van der Waals surface area (Å²) in [6.45, 7) is 3.46. The van der Waals surface area contributed by atoms with Crippen molar-refractivity contribution in [2.75, 3.05) is 31.6 Å². The number of hydrogen-bond donors (Lipinski definition) is 1. The highest BCUT2D eigenvalue weighted by Crippen LogP contribution is 2.30. The van der Waals surface area contributed by atoms with Gasteiger partial charge in [0.2, 0.25) is 0 Å². The second kappa shape index (κ2) is 11.4. The molecule has 1 amide bonds. The minimum absolute atomic E-state index is 0.136. The Morgan fingerprint density at radius 2 is 1.83 bits per heavy atom. The Morgan fingerprint density at radius 1 is 1.06 bits per heavy atom. The van der Waals surface area contributed by atoms with Crippen molar-refractivity contribution in [3.8, 4) is 10.9 Å². The predicted octanol–water partition coefficient (Wildman–Crippen LogP) is 5.14. The van der Waals surface area contributed by atoms with Crippen LogP contribution in [-0.4, -0.2) is 46.5 Å². The van der Waals surface area contributed by atoms with Crippen molar-refractivity contribution >= 4 is 23.1 Å². The first-order valence-corrected chi connectivity index (χ1v) is 12.4. The van der Waals surface area contributed by atoms with Gasteiger partial charge in [0.1, 0.15) is 11.6 Å². The number of nitrogens with one attached hydrogen (secondary N) is 1. The maximum absolute atomic E-state index is 14.0. The van der Waals surface area contributed by atoms with Gasteiger partial charge in [-0.25, -0.2) is 4.39 Å². The highest BCUT2D eigenvalue weighted by atomic mass is 32.1. The fourth-order valence-corrected chi connectivity index (χ4v) is 4.49. The van der Waals surface area contributed by atoms with Crippen molar-refractivity contribution < 1.29 is 18.7 Å². The number of nitrogens with zero attached hydrogens (tertiary/aromatic N) is 3. The van der Waals surface area contributed by atoms with Crippen LogP contribution in [0.5, 0.6) is 10.9 Å². The second-order valence-electron chi connectivity index (χ2n) is 8.39. The standard InChI is InChI=1S/C27H25FN4O3S/c28-22-8-4-5-9-23(22)29-26(33)20-10-11-24(21(17-20)18-32-12-14-34-15-13-32)35-27-30-25(31-36-27)16-19-6-2-1-3-7-19/h1-11,17H,12-16,18H2,(H,29,33). The van der Waals surface area contributed by atoms with Crippen molar-refractivity contribution in [3.05, 3.63) is 101 Å². The van der Waals surface area contributed by atoms with Crippen LogP contribution in [-0.2, 0) is 17.7 Å². The van der Waals surface area contributed by atoms with E-state index in [-0.39, 0.29) is 5.69 Å². The average molecular weight is 505 g/mol. The second-order valence-corrected chi connectivity index (χ2v) is 9.10. The summed E-state index contributed by atoms with van der Waals surface area (Å²) in [5.41, 5.74) is 2.51. The molecule has 184 valence electrons. The van der Waals surface area contributed by atoms with Gasteiger partial charge >= 0.3 is 0 Å². The molecular weight excluding hydrogens is 479 g/mol. The van der Waals surface area contributed by atoms with Crippen molar-refractivity contribution in [1.82, 2.24) is 14.3 Å². The Bertz CT molecular complexity index is 1330. The molecule has 1 N–H and O–H groups in total. The van der Waals surface area contributed by atoms with Crippen LogP contribution in [0.1, 0.15) is 27.3 Å². The first-order chi connectivity index (χ1) is 17.6. The minimum atomic E-state index is -0.484. The number of benzene rings is 3. The Labute approximate surface area is 212 Å². The molecule has 0 unspecified atom stereocenters. The summed E-state index contributed by atoms with van der Waals surface area (Å²) in [5.74, 6) is 0.418. The Balaban J connectivity index is 1.36. The number of carbonyl (C=O) groups excluding carboxylic acids is 1. The van der Waals surface area contributed by atoms with Crippen LogP contribution in [0.2, 0.25) is 0 Å². The van der Waals surface area contributed by atoms with Gasteiger partial charge in [-0.3, -0.25) is 9.69 Å². The molecular formula is C27H25FN4O3S. The summed E-state index contributed by atoms with van der Waals surface area (Å²) in [6.07, 6.45) is 0.622. The van der Waals surface area contributed by atoms with Crippen molar-refractivity contribution in [1.29, 1.82) is 0 Å². The molecule has 9 heteroatoms.